The number of carboxylic acids is 1. The van der Waals surface area contributed by atoms with E-state index in [0.29, 0.717) is 5.75 Å². The molecule has 2 rings (SSSR count). The highest BCUT2D eigenvalue weighted by atomic mass is 16.5. The van der Waals surface area contributed by atoms with Crippen LogP contribution in [0.2, 0.25) is 0 Å². The van der Waals surface area contributed by atoms with Gasteiger partial charge in [0.25, 0.3) is 0 Å². The van der Waals surface area contributed by atoms with E-state index in [0.717, 1.165) is 6.08 Å². The Hall–Kier alpha value is -3.41. The van der Waals surface area contributed by atoms with Crippen LogP contribution in [0.4, 0.5) is 0 Å². The van der Waals surface area contributed by atoms with Crippen LogP contribution < -0.4 is 9.47 Å². The average molecular weight is 326 g/mol. The molecule has 0 aliphatic heterocycles. The molecule has 1 N–H and O–H groups in total. The van der Waals surface area contributed by atoms with Crippen molar-refractivity contribution >= 4 is 17.7 Å². The number of hydrogen-bond donors (Lipinski definition) is 1. The molecule has 0 amide bonds. The lowest BCUT2D eigenvalue weighted by atomic mass is 9.97. The maximum absolute atomic E-state index is 12.7. The molecule has 0 bridgehead atoms. The molecule has 6 heteroatoms. The van der Waals surface area contributed by atoms with Crippen LogP contribution in [0.3, 0.4) is 0 Å². The number of ketones is 1. The molecule has 0 fully saturated rings. The fraction of sp³-hybridized carbons (Fsp3) is 0.0556. The quantitative estimate of drug-likeness (QED) is 0.380. The minimum Gasteiger partial charge on any atom is -0.497 e. The minimum atomic E-state index is -1.22. The molecule has 0 aromatic heterocycles. The monoisotopic (exact) mass is 326 g/mol. The van der Waals surface area contributed by atoms with Gasteiger partial charge >= 0.3 is 11.9 Å². The molecule has 2 aromatic carbocycles. The van der Waals surface area contributed by atoms with E-state index < -0.39 is 17.7 Å². The number of rotatable bonds is 6. The van der Waals surface area contributed by atoms with E-state index in [1.165, 1.54) is 43.5 Å². The third-order valence-electron chi connectivity index (χ3n) is 3.21. The molecule has 0 saturated heterocycles. The first-order chi connectivity index (χ1) is 11.5. The lowest BCUT2D eigenvalue weighted by Crippen LogP contribution is -2.13. The van der Waals surface area contributed by atoms with Crippen LogP contribution in [0.15, 0.2) is 55.1 Å². The second-order valence-electron chi connectivity index (χ2n) is 4.67. The SMILES string of the molecule is C=CC(=O)Oc1cc(OC)ccc1C(=O)c1ccccc1C(=O)O. The van der Waals surface area contributed by atoms with Crippen molar-refractivity contribution in [3.8, 4) is 11.5 Å². The van der Waals surface area contributed by atoms with E-state index in [1.54, 1.807) is 6.07 Å². The van der Waals surface area contributed by atoms with Crippen LogP contribution in [0.5, 0.6) is 11.5 Å². The zero-order valence-electron chi connectivity index (χ0n) is 12.8. The number of carbonyl (C=O) groups is 3. The van der Waals surface area contributed by atoms with Gasteiger partial charge in [0, 0.05) is 17.7 Å². The summed E-state index contributed by atoms with van der Waals surface area (Å²) in [7, 11) is 1.43. The summed E-state index contributed by atoms with van der Waals surface area (Å²) in [6.07, 6.45) is 0.957. The van der Waals surface area contributed by atoms with Crippen molar-refractivity contribution in [2.24, 2.45) is 0 Å². The van der Waals surface area contributed by atoms with Crippen molar-refractivity contribution in [1.82, 2.24) is 0 Å². The normalized spacial score (nSPS) is 9.88. The van der Waals surface area contributed by atoms with Gasteiger partial charge in [-0.1, -0.05) is 24.8 Å². The van der Waals surface area contributed by atoms with Crippen molar-refractivity contribution < 1.29 is 29.0 Å². The number of methoxy groups -OCH3 is 1. The summed E-state index contributed by atoms with van der Waals surface area (Å²) < 4.78 is 10.1. The Bertz CT molecular complexity index is 822. The Kier molecular flexibility index (Phi) is 5.11. The Balaban J connectivity index is 2.55. The minimum absolute atomic E-state index is 0.00827. The Morgan fingerprint density at radius 2 is 1.71 bits per heavy atom. The topological polar surface area (TPSA) is 89.9 Å². The van der Waals surface area contributed by atoms with E-state index in [-0.39, 0.29) is 22.4 Å². The molecule has 0 radical (unpaired) electrons. The van der Waals surface area contributed by atoms with Crippen LogP contribution >= 0.6 is 0 Å². The molecule has 6 nitrogen and oxygen atoms in total. The van der Waals surface area contributed by atoms with Gasteiger partial charge in [-0.25, -0.2) is 9.59 Å². The number of ether oxygens (including phenoxy) is 2. The summed E-state index contributed by atoms with van der Waals surface area (Å²) in [5, 5.41) is 9.23. The number of esters is 1. The molecule has 24 heavy (non-hydrogen) atoms. The predicted molar refractivity (Wildman–Crippen MR) is 85.7 cm³/mol. The molecule has 0 spiro atoms. The predicted octanol–water partition coefficient (Wildman–Crippen LogP) is 2.72. The van der Waals surface area contributed by atoms with Gasteiger partial charge < -0.3 is 14.6 Å². The molecule has 0 heterocycles. The van der Waals surface area contributed by atoms with Crippen LogP contribution in [0, 0.1) is 0 Å². The third-order valence-corrected chi connectivity index (χ3v) is 3.21. The van der Waals surface area contributed by atoms with Gasteiger partial charge in [-0.15, -0.1) is 0 Å². The Morgan fingerprint density at radius 1 is 1.04 bits per heavy atom. The Labute approximate surface area is 137 Å². The van der Waals surface area contributed by atoms with Crippen molar-refractivity contribution in [3.63, 3.8) is 0 Å². The number of carbonyl (C=O) groups excluding carboxylic acids is 2. The van der Waals surface area contributed by atoms with Gasteiger partial charge in [-0.2, -0.15) is 0 Å². The van der Waals surface area contributed by atoms with E-state index in [2.05, 4.69) is 6.58 Å². The lowest BCUT2D eigenvalue weighted by Gasteiger charge is -2.11. The fourth-order valence-corrected chi connectivity index (χ4v) is 2.06. The Morgan fingerprint density at radius 3 is 2.29 bits per heavy atom. The smallest absolute Gasteiger partial charge is 0.336 e. The number of aromatic carboxylic acids is 1. The van der Waals surface area contributed by atoms with Gasteiger partial charge in [0.1, 0.15) is 11.5 Å². The van der Waals surface area contributed by atoms with E-state index in [9.17, 15) is 19.5 Å². The van der Waals surface area contributed by atoms with Crippen molar-refractivity contribution in [2.45, 2.75) is 0 Å². The number of carboxylic acid groups (broad SMARTS) is 1. The maximum atomic E-state index is 12.7. The average Bonchev–Trinajstić information content (AvgIpc) is 2.60. The standard InChI is InChI=1S/C18H14O6/c1-3-16(19)24-15-10-11(23-2)8-9-14(15)17(20)12-6-4-5-7-13(12)18(21)22/h3-10H,1H2,2H3,(H,21,22). The zero-order valence-corrected chi connectivity index (χ0v) is 12.8. The molecule has 0 aliphatic carbocycles. The van der Waals surface area contributed by atoms with Crippen LogP contribution in [0.25, 0.3) is 0 Å². The number of benzene rings is 2. The van der Waals surface area contributed by atoms with E-state index >= 15 is 0 Å². The third kappa shape index (κ3) is 3.49. The molecule has 2 aromatic rings. The second-order valence-corrected chi connectivity index (χ2v) is 4.67. The van der Waals surface area contributed by atoms with Gasteiger partial charge in [0.05, 0.1) is 18.2 Å². The van der Waals surface area contributed by atoms with E-state index in [4.69, 9.17) is 9.47 Å². The van der Waals surface area contributed by atoms with Gasteiger partial charge in [0.2, 0.25) is 0 Å². The van der Waals surface area contributed by atoms with Gasteiger partial charge in [0.15, 0.2) is 5.78 Å². The first kappa shape index (κ1) is 17.0. The molecular weight excluding hydrogens is 312 g/mol. The summed E-state index contributed by atoms with van der Waals surface area (Å²) in [6, 6.07) is 10.1. The van der Waals surface area contributed by atoms with Crippen LogP contribution in [-0.2, 0) is 4.79 Å². The summed E-state index contributed by atoms with van der Waals surface area (Å²) in [5.41, 5.74) is -0.106. The van der Waals surface area contributed by atoms with E-state index in [1.807, 2.05) is 0 Å². The van der Waals surface area contributed by atoms with Crippen LogP contribution in [0.1, 0.15) is 26.3 Å². The van der Waals surface area contributed by atoms with Crippen molar-refractivity contribution in [2.75, 3.05) is 7.11 Å². The van der Waals surface area contributed by atoms with Gasteiger partial charge in [-0.05, 0) is 18.2 Å². The second kappa shape index (κ2) is 7.23. The fourth-order valence-electron chi connectivity index (χ4n) is 2.06. The zero-order chi connectivity index (χ0) is 17.7. The summed E-state index contributed by atoms with van der Waals surface area (Å²) in [6.45, 7) is 3.30. The van der Waals surface area contributed by atoms with Crippen molar-refractivity contribution in [3.05, 3.63) is 71.8 Å². The highest BCUT2D eigenvalue weighted by Crippen LogP contribution is 2.28. The highest BCUT2D eigenvalue weighted by Gasteiger charge is 2.22. The first-order valence-corrected chi connectivity index (χ1v) is 6.87. The van der Waals surface area contributed by atoms with Gasteiger partial charge in [-0.3, -0.25) is 4.79 Å². The summed E-state index contributed by atoms with van der Waals surface area (Å²) in [5.74, 6) is -2.21. The molecule has 0 saturated carbocycles. The molecular formula is C18H14O6. The summed E-state index contributed by atoms with van der Waals surface area (Å²) >= 11 is 0. The number of hydrogen-bond acceptors (Lipinski definition) is 5. The summed E-state index contributed by atoms with van der Waals surface area (Å²) in [4.78, 5) is 35.5. The molecule has 0 unspecified atom stereocenters. The maximum Gasteiger partial charge on any atom is 0.336 e. The molecule has 122 valence electrons. The first-order valence-electron chi connectivity index (χ1n) is 6.87. The molecule has 0 aliphatic rings. The lowest BCUT2D eigenvalue weighted by molar-refractivity contribution is -0.128. The highest BCUT2D eigenvalue weighted by molar-refractivity contribution is 6.15. The van der Waals surface area contributed by atoms with Crippen LogP contribution in [-0.4, -0.2) is 29.9 Å². The largest absolute Gasteiger partial charge is 0.497 e. The van der Waals surface area contributed by atoms with Crippen molar-refractivity contribution in [1.29, 1.82) is 0 Å². The molecule has 0 atom stereocenters.